The molecule has 0 saturated carbocycles. The summed E-state index contributed by atoms with van der Waals surface area (Å²) in [6.07, 6.45) is 1.79. The summed E-state index contributed by atoms with van der Waals surface area (Å²) < 4.78 is 6.13. The molecule has 34 heavy (non-hydrogen) atoms. The van der Waals surface area contributed by atoms with E-state index in [-0.39, 0.29) is 0 Å². The lowest BCUT2D eigenvalue weighted by Gasteiger charge is -2.12. The molecule has 0 fully saturated rings. The Bertz CT molecular complexity index is 1450. The first kappa shape index (κ1) is 21.7. The summed E-state index contributed by atoms with van der Waals surface area (Å²) in [6, 6.07) is 28.0. The summed E-state index contributed by atoms with van der Waals surface area (Å²) >= 11 is 1.63. The Morgan fingerprint density at radius 3 is 2.65 bits per heavy atom. The Balaban J connectivity index is 1.23. The second kappa shape index (κ2) is 9.82. The normalized spacial score (nSPS) is 10.8. The monoisotopic (exact) mass is 462 g/mol. The van der Waals surface area contributed by atoms with Crippen molar-refractivity contribution in [2.24, 2.45) is 0 Å². The Morgan fingerprint density at radius 2 is 1.82 bits per heavy atom. The van der Waals surface area contributed by atoms with Crippen molar-refractivity contribution in [2.75, 3.05) is 0 Å². The zero-order valence-corrected chi connectivity index (χ0v) is 19.5. The third kappa shape index (κ3) is 4.80. The van der Waals surface area contributed by atoms with Crippen LogP contribution in [0.3, 0.4) is 0 Å². The van der Waals surface area contributed by atoms with Gasteiger partial charge in [-0.2, -0.15) is 5.26 Å². The van der Waals surface area contributed by atoms with E-state index in [9.17, 15) is 0 Å². The van der Waals surface area contributed by atoms with E-state index in [1.54, 1.807) is 18.0 Å². The molecule has 1 N–H and O–H groups in total. The number of H-pyrrole nitrogens is 1. The Kier molecular flexibility index (Phi) is 6.28. The molecule has 0 atom stereocenters. The van der Waals surface area contributed by atoms with Gasteiger partial charge in [-0.3, -0.25) is 4.98 Å². The number of hydrogen-bond acceptors (Lipinski definition) is 5. The molecule has 0 saturated heterocycles. The van der Waals surface area contributed by atoms with Crippen LogP contribution >= 0.6 is 11.8 Å². The molecule has 0 aliphatic heterocycles. The molecule has 3 aromatic carbocycles. The van der Waals surface area contributed by atoms with Gasteiger partial charge in [0, 0.05) is 17.5 Å². The summed E-state index contributed by atoms with van der Waals surface area (Å²) in [5.74, 6) is 1.54. The van der Waals surface area contributed by atoms with Crippen LogP contribution in [0.1, 0.15) is 22.4 Å². The molecule has 2 aromatic heterocycles. The van der Waals surface area contributed by atoms with Gasteiger partial charge in [-0.25, -0.2) is 4.98 Å². The Labute approximate surface area is 202 Å². The minimum absolute atomic E-state index is 0.472. The van der Waals surface area contributed by atoms with Gasteiger partial charge in [-0.05, 0) is 53.9 Å². The average molecular weight is 463 g/mol. The molecule has 5 aromatic rings. The molecule has 0 bridgehead atoms. The minimum Gasteiger partial charge on any atom is -0.489 e. The lowest BCUT2D eigenvalue weighted by atomic mass is 10.0. The van der Waals surface area contributed by atoms with Crippen LogP contribution in [-0.4, -0.2) is 15.0 Å². The van der Waals surface area contributed by atoms with E-state index in [2.05, 4.69) is 45.3 Å². The number of imidazole rings is 1. The first-order valence-electron chi connectivity index (χ1n) is 10.9. The molecule has 5 rings (SSSR count). The molecular weight excluding hydrogens is 440 g/mol. The fraction of sp³-hybridized carbons (Fsp3) is 0.107. The van der Waals surface area contributed by atoms with Crippen molar-refractivity contribution in [3.05, 3.63) is 107 Å². The van der Waals surface area contributed by atoms with Crippen molar-refractivity contribution >= 4 is 22.8 Å². The van der Waals surface area contributed by atoms with Crippen LogP contribution in [0.15, 0.2) is 90.2 Å². The molecule has 6 heteroatoms. The Hall–Kier alpha value is -4.08. The molecule has 0 radical (unpaired) electrons. The number of benzene rings is 3. The van der Waals surface area contributed by atoms with Gasteiger partial charge in [0.2, 0.25) is 0 Å². The molecular formula is C28H22N4OS. The number of thioether (sulfide) groups is 1. The maximum Gasteiger partial charge on any atom is 0.166 e. The van der Waals surface area contributed by atoms with Crippen molar-refractivity contribution < 1.29 is 4.74 Å². The van der Waals surface area contributed by atoms with Crippen LogP contribution in [0.4, 0.5) is 0 Å². The maximum absolute atomic E-state index is 9.12. The molecule has 0 spiro atoms. The average Bonchev–Trinajstić information content (AvgIpc) is 3.31. The highest BCUT2D eigenvalue weighted by Gasteiger charge is 2.10. The molecule has 0 amide bonds. The fourth-order valence-corrected chi connectivity index (χ4v) is 4.63. The zero-order valence-electron chi connectivity index (χ0n) is 18.7. The number of nitrogens with zero attached hydrogens (tertiary/aromatic N) is 3. The van der Waals surface area contributed by atoms with Crippen molar-refractivity contribution in [3.63, 3.8) is 0 Å². The van der Waals surface area contributed by atoms with Gasteiger partial charge < -0.3 is 9.72 Å². The second-order valence-corrected chi connectivity index (χ2v) is 8.87. The fourth-order valence-electron chi connectivity index (χ4n) is 3.72. The number of fused-ring (bicyclic) bond motifs is 1. The molecule has 0 aliphatic rings. The van der Waals surface area contributed by atoms with E-state index in [1.165, 1.54) is 0 Å². The third-order valence-corrected chi connectivity index (χ3v) is 6.53. The van der Waals surface area contributed by atoms with Crippen molar-refractivity contribution in [1.82, 2.24) is 15.0 Å². The van der Waals surface area contributed by atoms with Gasteiger partial charge in [0.1, 0.15) is 12.4 Å². The third-order valence-electron chi connectivity index (χ3n) is 5.65. The van der Waals surface area contributed by atoms with E-state index >= 15 is 0 Å². The van der Waals surface area contributed by atoms with Gasteiger partial charge in [-0.15, -0.1) is 0 Å². The van der Waals surface area contributed by atoms with Gasteiger partial charge in [0.15, 0.2) is 5.16 Å². The van der Waals surface area contributed by atoms with E-state index < -0.39 is 0 Å². The summed E-state index contributed by atoms with van der Waals surface area (Å²) in [5.41, 5.74) is 7.87. The molecule has 166 valence electrons. The first-order chi connectivity index (χ1) is 16.7. The highest BCUT2D eigenvalue weighted by molar-refractivity contribution is 7.98. The number of ether oxygens (including phenoxy) is 1. The molecule has 5 nitrogen and oxygen atoms in total. The standard InChI is InChI=1S/C28H22N4OS/c1-19-26(18-34-28-31-24-7-2-3-8-25(24)32-28)30-14-13-27(19)33-17-20-9-11-22(12-10-20)23-6-4-5-21(15-23)16-29/h2-15H,17-18H2,1H3,(H,31,32). The van der Waals surface area contributed by atoms with Crippen LogP contribution < -0.4 is 4.74 Å². The van der Waals surface area contributed by atoms with Crippen molar-refractivity contribution in [1.29, 1.82) is 5.26 Å². The van der Waals surface area contributed by atoms with Crippen LogP contribution in [-0.2, 0) is 12.4 Å². The lowest BCUT2D eigenvalue weighted by molar-refractivity contribution is 0.303. The predicted octanol–water partition coefficient (Wildman–Crippen LogP) is 6.68. The van der Waals surface area contributed by atoms with Crippen LogP contribution in [0.25, 0.3) is 22.2 Å². The van der Waals surface area contributed by atoms with Crippen LogP contribution in [0.2, 0.25) is 0 Å². The predicted molar refractivity (Wildman–Crippen MR) is 136 cm³/mol. The van der Waals surface area contributed by atoms with E-state index in [4.69, 9.17) is 10.00 Å². The smallest absolute Gasteiger partial charge is 0.166 e. The summed E-state index contributed by atoms with van der Waals surface area (Å²) in [4.78, 5) is 12.5. The molecule has 2 heterocycles. The minimum atomic E-state index is 0.472. The molecule has 0 unspecified atom stereocenters. The topological polar surface area (TPSA) is 74.6 Å². The van der Waals surface area contributed by atoms with Crippen molar-refractivity contribution in [3.8, 4) is 22.9 Å². The number of hydrogen-bond donors (Lipinski definition) is 1. The number of aromatic nitrogens is 3. The number of aromatic amines is 1. The number of nitrogens with one attached hydrogen (secondary N) is 1. The summed E-state index contributed by atoms with van der Waals surface area (Å²) in [7, 11) is 0. The largest absolute Gasteiger partial charge is 0.489 e. The number of nitriles is 1. The van der Waals surface area contributed by atoms with Crippen LogP contribution in [0.5, 0.6) is 5.75 Å². The van der Waals surface area contributed by atoms with Gasteiger partial charge in [0.05, 0.1) is 28.4 Å². The quantitative estimate of drug-likeness (QED) is 0.273. The van der Waals surface area contributed by atoms with Crippen LogP contribution in [0, 0.1) is 18.3 Å². The maximum atomic E-state index is 9.12. The SMILES string of the molecule is Cc1c(OCc2ccc(-c3cccc(C#N)c3)cc2)ccnc1CSc1nc2ccccc2[nH]1. The van der Waals surface area contributed by atoms with E-state index in [0.717, 1.165) is 49.9 Å². The van der Waals surface area contributed by atoms with Crippen molar-refractivity contribution in [2.45, 2.75) is 24.4 Å². The summed E-state index contributed by atoms with van der Waals surface area (Å²) in [5, 5.41) is 10.0. The van der Waals surface area contributed by atoms with Gasteiger partial charge in [-0.1, -0.05) is 60.3 Å². The number of rotatable bonds is 7. The summed E-state index contributed by atoms with van der Waals surface area (Å²) in [6.45, 7) is 2.52. The van der Waals surface area contributed by atoms with E-state index in [0.29, 0.717) is 17.9 Å². The molecule has 0 aliphatic carbocycles. The van der Waals surface area contributed by atoms with Gasteiger partial charge >= 0.3 is 0 Å². The Morgan fingerprint density at radius 1 is 0.971 bits per heavy atom. The number of pyridine rings is 1. The highest BCUT2D eigenvalue weighted by Crippen LogP contribution is 2.28. The highest BCUT2D eigenvalue weighted by atomic mass is 32.2. The van der Waals surface area contributed by atoms with E-state index in [1.807, 2.05) is 61.5 Å². The lowest BCUT2D eigenvalue weighted by Crippen LogP contribution is -2.00. The first-order valence-corrected chi connectivity index (χ1v) is 11.9. The second-order valence-electron chi connectivity index (χ2n) is 7.91. The zero-order chi connectivity index (χ0) is 23.3. The number of para-hydroxylation sites is 2. The van der Waals surface area contributed by atoms with Gasteiger partial charge in [0.25, 0.3) is 0 Å².